The molecule has 0 bridgehead atoms. The number of aliphatic hydroxyl groups excluding tert-OH is 2. The van der Waals surface area contributed by atoms with Crippen LogP contribution in [0.15, 0.2) is 0 Å². The summed E-state index contributed by atoms with van der Waals surface area (Å²) < 4.78 is 5.46. The number of hydrogen-bond acceptors (Lipinski definition) is 5. The molecule has 0 rings (SSSR count). The van der Waals surface area contributed by atoms with Crippen molar-refractivity contribution in [1.29, 1.82) is 0 Å². The predicted octanol–water partition coefficient (Wildman–Crippen LogP) is 15.6. The lowest BCUT2D eigenvalue weighted by atomic mass is 10.0. The van der Waals surface area contributed by atoms with Crippen LogP contribution in [0, 0.1) is 0 Å². The van der Waals surface area contributed by atoms with Gasteiger partial charge in [0.15, 0.2) is 0 Å². The molecule has 6 nitrogen and oxygen atoms in total. The molecular weight excluding hydrogens is 719 g/mol. The Kier molecular flexibility index (Phi) is 47.6. The van der Waals surface area contributed by atoms with Gasteiger partial charge in [0.1, 0.15) is 0 Å². The Balaban J connectivity index is 3.46. The van der Waals surface area contributed by atoms with E-state index >= 15 is 0 Å². The van der Waals surface area contributed by atoms with Crippen LogP contribution in [-0.4, -0.2) is 47.4 Å². The molecule has 1 amide bonds. The predicted molar refractivity (Wildman–Crippen MR) is 250 cm³/mol. The van der Waals surface area contributed by atoms with Crippen molar-refractivity contribution in [3.8, 4) is 0 Å². The van der Waals surface area contributed by atoms with Crippen molar-refractivity contribution in [2.75, 3.05) is 13.2 Å². The molecule has 0 aromatic carbocycles. The number of rotatable bonds is 49. The first-order chi connectivity index (χ1) is 28.5. The van der Waals surface area contributed by atoms with Crippen molar-refractivity contribution in [2.24, 2.45) is 0 Å². The maximum atomic E-state index is 12.5. The molecule has 0 aliphatic carbocycles. The minimum atomic E-state index is -0.677. The minimum absolute atomic E-state index is 0.0156. The second kappa shape index (κ2) is 48.5. The van der Waals surface area contributed by atoms with E-state index in [2.05, 4.69) is 19.2 Å². The van der Waals surface area contributed by atoms with Crippen molar-refractivity contribution in [3.63, 3.8) is 0 Å². The van der Waals surface area contributed by atoms with E-state index in [9.17, 15) is 19.8 Å². The van der Waals surface area contributed by atoms with Gasteiger partial charge in [-0.05, 0) is 25.7 Å². The smallest absolute Gasteiger partial charge is 0.305 e. The van der Waals surface area contributed by atoms with Crippen LogP contribution in [0.1, 0.15) is 296 Å². The van der Waals surface area contributed by atoms with Gasteiger partial charge in [-0.25, -0.2) is 0 Å². The molecule has 0 aliphatic heterocycles. The average molecular weight is 822 g/mol. The van der Waals surface area contributed by atoms with Crippen LogP contribution in [0.4, 0.5) is 0 Å². The van der Waals surface area contributed by atoms with E-state index < -0.39 is 12.1 Å². The zero-order chi connectivity index (χ0) is 42.3. The first-order valence-corrected chi connectivity index (χ1v) is 26.3. The number of nitrogens with one attached hydrogen (secondary N) is 1. The lowest BCUT2D eigenvalue weighted by Gasteiger charge is -2.22. The number of amides is 1. The second-order valence-corrected chi connectivity index (χ2v) is 18.2. The summed E-state index contributed by atoms with van der Waals surface area (Å²) in [5.74, 6) is -0.0703. The summed E-state index contributed by atoms with van der Waals surface area (Å²) in [7, 11) is 0. The molecule has 2 atom stereocenters. The van der Waals surface area contributed by atoms with E-state index in [4.69, 9.17) is 4.74 Å². The number of carbonyl (C=O) groups excluding carboxylic acids is 2. The summed E-state index contributed by atoms with van der Waals surface area (Å²) in [6.07, 6.45) is 53.5. The van der Waals surface area contributed by atoms with E-state index in [-0.39, 0.29) is 18.5 Å². The van der Waals surface area contributed by atoms with Crippen LogP contribution >= 0.6 is 0 Å². The van der Waals surface area contributed by atoms with Gasteiger partial charge in [0.05, 0.1) is 25.4 Å². The highest BCUT2D eigenvalue weighted by Gasteiger charge is 2.20. The standard InChI is InChI=1S/C52H103NO5/c1-3-5-7-9-11-13-15-17-19-20-21-22-24-28-32-36-40-44-50(55)49(48-54)53-51(56)45-41-37-33-29-26-27-31-35-39-43-47-58-52(57)46-42-38-34-30-25-23-18-16-14-12-10-8-6-4-2/h49-50,54-55H,3-48H2,1-2H3,(H,53,56). The molecule has 0 aromatic heterocycles. The Bertz CT molecular complexity index is 822. The van der Waals surface area contributed by atoms with E-state index in [1.165, 1.54) is 205 Å². The Hall–Kier alpha value is -1.14. The van der Waals surface area contributed by atoms with E-state index in [0.717, 1.165) is 57.8 Å². The molecule has 58 heavy (non-hydrogen) atoms. The van der Waals surface area contributed by atoms with Crippen LogP contribution in [0.25, 0.3) is 0 Å². The summed E-state index contributed by atoms with van der Waals surface area (Å²) >= 11 is 0. The second-order valence-electron chi connectivity index (χ2n) is 18.2. The number of aliphatic hydroxyl groups is 2. The highest BCUT2D eigenvalue weighted by Crippen LogP contribution is 2.17. The molecule has 3 N–H and O–H groups in total. The number of hydrogen-bond donors (Lipinski definition) is 3. The quantitative estimate of drug-likeness (QED) is 0.0420. The fraction of sp³-hybridized carbons (Fsp3) is 0.962. The molecule has 0 saturated heterocycles. The molecule has 0 radical (unpaired) electrons. The van der Waals surface area contributed by atoms with Crippen LogP contribution in [0.2, 0.25) is 0 Å². The summed E-state index contributed by atoms with van der Waals surface area (Å²) in [4.78, 5) is 24.5. The van der Waals surface area contributed by atoms with Gasteiger partial charge < -0.3 is 20.3 Å². The fourth-order valence-corrected chi connectivity index (χ4v) is 8.35. The highest BCUT2D eigenvalue weighted by molar-refractivity contribution is 5.76. The number of ether oxygens (including phenoxy) is 1. The lowest BCUT2D eigenvalue weighted by Crippen LogP contribution is -2.45. The monoisotopic (exact) mass is 822 g/mol. The maximum Gasteiger partial charge on any atom is 0.305 e. The summed E-state index contributed by atoms with van der Waals surface area (Å²) in [5, 5.41) is 23.2. The first kappa shape index (κ1) is 56.9. The van der Waals surface area contributed by atoms with Crippen molar-refractivity contribution < 1.29 is 24.5 Å². The molecule has 0 aliphatic rings. The van der Waals surface area contributed by atoms with Gasteiger partial charge in [-0.1, -0.05) is 258 Å². The van der Waals surface area contributed by atoms with Crippen LogP contribution in [0.3, 0.4) is 0 Å². The van der Waals surface area contributed by atoms with Gasteiger partial charge in [-0.2, -0.15) is 0 Å². The summed E-state index contributed by atoms with van der Waals surface area (Å²) in [5.41, 5.74) is 0. The summed E-state index contributed by atoms with van der Waals surface area (Å²) in [6, 6.07) is -0.556. The minimum Gasteiger partial charge on any atom is -0.466 e. The van der Waals surface area contributed by atoms with Crippen LogP contribution in [0.5, 0.6) is 0 Å². The third kappa shape index (κ3) is 44.4. The Morgan fingerprint density at radius 3 is 1.05 bits per heavy atom. The van der Waals surface area contributed by atoms with Gasteiger partial charge in [0.25, 0.3) is 0 Å². The summed E-state index contributed by atoms with van der Waals surface area (Å²) in [6.45, 7) is 4.92. The number of unbranched alkanes of at least 4 members (excludes halogenated alkanes) is 38. The van der Waals surface area contributed by atoms with Crippen LogP contribution in [-0.2, 0) is 14.3 Å². The Morgan fingerprint density at radius 2 is 0.707 bits per heavy atom. The van der Waals surface area contributed by atoms with E-state index in [1.807, 2.05) is 0 Å². The van der Waals surface area contributed by atoms with E-state index in [1.54, 1.807) is 0 Å². The largest absolute Gasteiger partial charge is 0.466 e. The fourth-order valence-electron chi connectivity index (χ4n) is 8.35. The molecule has 0 fully saturated rings. The number of esters is 1. The zero-order valence-electron chi connectivity index (χ0n) is 39.3. The third-order valence-electron chi connectivity index (χ3n) is 12.4. The molecule has 0 saturated carbocycles. The Morgan fingerprint density at radius 1 is 0.414 bits per heavy atom. The molecule has 0 aromatic rings. The molecule has 2 unspecified atom stereocenters. The Labute approximate surface area is 362 Å². The van der Waals surface area contributed by atoms with Gasteiger partial charge in [-0.15, -0.1) is 0 Å². The van der Waals surface area contributed by atoms with E-state index in [0.29, 0.717) is 25.9 Å². The topological polar surface area (TPSA) is 95.9 Å². The van der Waals surface area contributed by atoms with Gasteiger partial charge in [0.2, 0.25) is 5.91 Å². The van der Waals surface area contributed by atoms with Crippen molar-refractivity contribution in [1.82, 2.24) is 5.32 Å². The lowest BCUT2D eigenvalue weighted by molar-refractivity contribution is -0.143. The SMILES string of the molecule is CCCCCCCCCCCCCCCCCCCC(O)C(CO)NC(=O)CCCCCCCCCCCCOC(=O)CCCCCCCCCCCCCCCC. The van der Waals surface area contributed by atoms with Crippen molar-refractivity contribution in [3.05, 3.63) is 0 Å². The van der Waals surface area contributed by atoms with Crippen molar-refractivity contribution >= 4 is 11.9 Å². The van der Waals surface area contributed by atoms with Gasteiger partial charge in [-0.3, -0.25) is 9.59 Å². The number of carbonyl (C=O) groups is 2. The normalized spacial score (nSPS) is 12.6. The maximum absolute atomic E-state index is 12.5. The highest BCUT2D eigenvalue weighted by atomic mass is 16.5. The van der Waals surface area contributed by atoms with Crippen LogP contribution < -0.4 is 5.32 Å². The first-order valence-electron chi connectivity index (χ1n) is 26.3. The van der Waals surface area contributed by atoms with Crippen molar-refractivity contribution in [2.45, 2.75) is 309 Å². The third-order valence-corrected chi connectivity index (χ3v) is 12.4. The average Bonchev–Trinajstić information content (AvgIpc) is 3.22. The molecule has 346 valence electrons. The molecule has 0 spiro atoms. The molecular formula is C52H103NO5. The zero-order valence-corrected chi connectivity index (χ0v) is 39.3. The molecule has 6 heteroatoms. The molecule has 0 heterocycles. The van der Waals surface area contributed by atoms with Gasteiger partial charge >= 0.3 is 5.97 Å². The van der Waals surface area contributed by atoms with Gasteiger partial charge in [0, 0.05) is 12.8 Å².